The van der Waals surface area contributed by atoms with Gasteiger partial charge in [-0.05, 0) is 19.3 Å². The fourth-order valence-electron chi connectivity index (χ4n) is 1.81. The molecule has 1 aromatic heterocycles. The van der Waals surface area contributed by atoms with Crippen molar-refractivity contribution in [3.05, 3.63) is 27.9 Å². The number of hydrogen-bond acceptors (Lipinski definition) is 3. The van der Waals surface area contributed by atoms with E-state index in [4.69, 9.17) is 4.74 Å². The molecule has 4 nitrogen and oxygen atoms in total. The van der Waals surface area contributed by atoms with Crippen molar-refractivity contribution in [1.29, 1.82) is 0 Å². The minimum Gasteiger partial charge on any atom is -0.370 e. The predicted molar refractivity (Wildman–Crippen MR) is 68.1 cm³/mol. The Balaban J connectivity index is 3.05. The van der Waals surface area contributed by atoms with Gasteiger partial charge in [0.05, 0.1) is 0 Å². The van der Waals surface area contributed by atoms with E-state index in [1.165, 1.54) is 0 Å². The molecular weight excluding hydrogens is 216 g/mol. The van der Waals surface area contributed by atoms with Gasteiger partial charge in [-0.25, -0.2) is 4.98 Å². The highest BCUT2D eigenvalue weighted by atomic mass is 16.5. The van der Waals surface area contributed by atoms with E-state index in [0.717, 1.165) is 18.5 Å². The second-order valence-electron chi connectivity index (χ2n) is 4.49. The van der Waals surface area contributed by atoms with Gasteiger partial charge >= 0.3 is 0 Å². The maximum absolute atomic E-state index is 11.6. The molecule has 1 aromatic rings. The van der Waals surface area contributed by atoms with Crippen molar-refractivity contribution in [3.63, 3.8) is 0 Å². The Morgan fingerprint density at radius 3 is 2.65 bits per heavy atom. The molecule has 0 bridgehead atoms. The summed E-state index contributed by atoms with van der Waals surface area (Å²) in [7, 11) is 0. The largest absolute Gasteiger partial charge is 0.370 e. The number of aromatic nitrogens is 2. The molecule has 0 fully saturated rings. The van der Waals surface area contributed by atoms with Crippen LogP contribution in [0.1, 0.15) is 51.7 Å². The van der Waals surface area contributed by atoms with Gasteiger partial charge in [-0.15, -0.1) is 0 Å². The van der Waals surface area contributed by atoms with Crippen LogP contribution in [-0.4, -0.2) is 16.6 Å². The van der Waals surface area contributed by atoms with E-state index >= 15 is 0 Å². The molecule has 0 saturated carbocycles. The van der Waals surface area contributed by atoms with Crippen molar-refractivity contribution in [1.82, 2.24) is 9.97 Å². The van der Waals surface area contributed by atoms with Crippen LogP contribution in [0.25, 0.3) is 0 Å². The number of aromatic amines is 1. The molecule has 0 aliphatic heterocycles. The molecule has 1 rings (SSSR count). The van der Waals surface area contributed by atoms with Crippen molar-refractivity contribution in [2.24, 2.45) is 5.92 Å². The highest BCUT2D eigenvalue weighted by Gasteiger charge is 2.19. The number of rotatable bonds is 6. The summed E-state index contributed by atoms with van der Waals surface area (Å²) in [6.07, 6.45) is 1.68. The lowest BCUT2D eigenvalue weighted by molar-refractivity contribution is 0.0229. The molecule has 1 heterocycles. The van der Waals surface area contributed by atoms with Crippen molar-refractivity contribution in [3.8, 4) is 0 Å². The second-order valence-corrected chi connectivity index (χ2v) is 4.49. The SMILES string of the molecule is CCCc1cc(=O)[nH]c(C(OCC)C(C)C)n1. The van der Waals surface area contributed by atoms with Crippen LogP contribution in [0.4, 0.5) is 0 Å². The monoisotopic (exact) mass is 238 g/mol. The van der Waals surface area contributed by atoms with E-state index in [1.807, 2.05) is 6.92 Å². The first-order valence-corrected chi connectivity index (χ1v) is 6.30. The average molecular weight is 238 g/mol. The molecule has 0 aliphatic carbocycles. The summed E-state index contributed by atoms with van der Waals surface area (Å²) in [5.74, 6) is 0.938. The molecule has 0 saturated heterocycles. The number of hydrogen-bond donors (Lipinski definition) is 1. The number of nitrogens with one attached hydrogen (secondary N) is 1. The third-order valence-corrected chi connectivity index (χ3v) is 2.54. The maximum atomic E-state index is 11.6. The Labute approximate surface area is 102 Å². The van der Waals surface area contributed by atoms with Gasteiger partial charge < -0.3 is 9.72 Å². The first-order valence-electron chi connectivity index (χ1n) is 6.30. The number of aryl methyl sites for hydroxylation is 1. The van der Waals surface area contributed by atoms with Gasteiger partial charge in [-0.2, -0.15) is 0 Å². The summed E-state index contributed by atoms with van der Waals surface area (Å²) in [5, 5.41) is 0. The average Bonchev–Trinajstić information content (AvgIpc) is 2.25. The molecule has 0 spiro atoms. The van der Waals surface area contributed by atoms with Crippen LogP contribution in [0.5, 0.6) is 0 Å². The molecule has 1 unspecified atom stereocenters. The Kier molecular flexibility index (Phi) is 5.35. The lowest BCUT2D eigenvalue weighted by Crippen LogP contribution is -2.20. The van der Waals surface area contributed by atoms with Crippen LogP contribution in [-0.2, 0) is 11.2 Å². The highest BCUT2D eigenvalue weighted by molar-refractivity contribution is 5.05. The second kappa shape index (κ2) is 6.55. The summed E-state index contributed by atoms with van der Waals surface area (Å²) in [5.41, 5.74) is 0.750. The molecule has 0 aromatic carbocycles. The minimum absolute atomic E-state index is 0.0937. The number of H-pyrrole nitrogens is 1. The third kappa shape index (κ3) is 3.97. The van der Waals surface area contributed by atoms with E-state index in [1.54, 1.807) is 6.07 Å². The molecule has 4 heteroatoms. The summed E-state index contributed by atoms with van der Waals surface area (Å²) in [4.78, 5) is 18.8. The van der Waals surface area contributed by atoms with Crippen LogP contribution in [0.2, 0.25) is 0 Å². The van der Waals surface area contributed by atoms with Gasteiger partial charge in [-0.1, -0.05) is 27.2 Å². The standard InChI is InChI=1S/C13H22N2O2/c1-5-7-10-8-11(16)15-13(14-10)12(9(3)4)17-6-2/h8-9,12H,5-7H2,1-4H3,(H,14,15,16). The van der Waals surface area contributed by atoms with E-state index in [-0.39, 0.29) is 17.6 Å². The molecule has 17 heavy (non-hydrogen) atoms. The molecule has 0 amide bonds. The van der Waals surface area contributed by atoms with Gasteiger partial charge in [0, 0.05) is 18.4 Å². The normalized spacial score (nSPS) is 13.0. The molecular formula is C13H22N2O2. The van der Waals surface area contributed by atoms with Gasteiger partial charge in [0.25, 0.3) is 5.56 Å². The van der Waals surface area contributed by atoms with E-state index in [2.05, 4.69) is 30.7 Å². The van der Waals surface area contributed by atoms with Gasteiger partial charge in [-0.3, -0.25) is 4.79 Å². The Bertz CT molecular complexity index is 399. The highest BCUT2D eigenvalue weighted by Crippen LogP contribution is 2.22. The molecule has 96 valence electrons. The Morgan fingerprint density at radius 1 is 1.41 bits per heavy atom. The Hall–Kier alpha value is -1.16. The van der Waals surface area contributed by atoms with Crippen molar-refractivity contribution >= 4 is 0 Å². The van der Waals surface area contributed by atoms with Crippen LogP contribution in [0, 0.1) is 5.92 Å². The predicted octanol–water partition coefficient (Wildman–Crippen LogP) is 2.46. The fourth-order valence-corrected chi connectivity index (χ4v) is 1.81. The van der Waals surface area contributed by atoms with E-state index in [9.17, 15) is 4.79 Å². The molecule has 0 radical (unpaired) electrons. The Morgan fingerprint density at radius 2 is 2.12 bits per heavy atom. The van der Waals surface area contributed by atoms with Gasteiger partial charge in [0.2, 0.25) is 0 Å². The zero-order chi connectivity index (χ0) is 12.8. The van der Waals surface area contributed by atoms with E-state index < -0.39 is 0 Å². The lowest BCUT2D eigenvalue weighted by atomic mass is 10.1. The van der Waals surface area contributed by atoms with Crippen LogP contribution >= 0.6 is 0 Å². The molecule has 0 aliphatic rings. The smallest absolute Gasteiger partial charge is 0.251 e. The summed E-state index contributed by atoms with van der Waals surface area (Å²) >= 11 is 0. The minimum atomic E-state index is -0.135. The summed E-state index contributed by atoms with van der Waals surface area (Å²) in [6, 6.07) is 1.57. The van der Waals surface area contributed by atoms with Crippen LogP contribution in [0.3, 0.4) is 0 Å². The quantitative estimate of drug-likeness (QED) is 0.828. The van der Waals surface area contributed by atoms with E-state index in [0.29, 0.717) is 12.4 Å². The first kappa shape index (κ1) is 13.9. The van der Waals surface area contributed by atoms with Crippen LogP contribution in [0.15, 0.2) is 10.9 Å². The molecule has 1 N–H and O–H groups in total. The zero-order valence-electron chi connectivity index (χ0n) is 11.1. The van der Waals surface area contributed by atoms with Crippen molar-refractivity contribution in [2.75, 3.05) is 6.61 Å². The third-order valence-electron chi connectivity index (χ3n) is 2.54. The van der Waals surface area contributed by atoms with Gasteiger partial charge in [0.1, 0.15) is 11.9 Å². The maximum Gasteiger partial charge on any atom is 0.251 e. The first-order chi connectivity index (χ1) is 8.08. The summed E-state index contributed by atoms with van der Waals surface area (Å²) < 4.78 is 5.64. The number of nitrogens with zero attached hydrogens (tertiary/aromatic N) is 1. The fraction of sp³-hybridized carbons (Fsp3) is 0.692. The zero-order valence-corrected chi connectivity index (χ0v) is 11.1. The molecule has 1 atom stereocenters. The summed E-state index contributed by atoms with van der Waals surface area (Å²) in [6.45, 7) is 8.76. The van der Waals surface area contributed by atoms with Crippen molar-refractivity contribution in [2.45, 2.75) is 46.6 Å². The topological polar surface area (TPSA) is 55.0 Å². The van der Waals surface area contributed by atoms with Gasteiger partial charge in [0.15, 0.2) is 0 Å². The lowest BCUT2D eigenvalue weighted by Gasteiger charge is -2.20. The number of ether oxygens (including phenoxy) is 1. The van der Waals surface area contributed by atoms with Crippen molar-refractivity contribution < 1.29 is 4.74 Å². The van der Waals surface area contributed by atoms with Crippen LogP contribution < -0.4 is 5.56 Å².